The highest BCUT2D eigenvalue weighted by molar-refractivity contribution is 7.89. The second-order valence-electron chi connectivity index (χ2n) is 5.79. The van der Waals surface area contributed by atoms with E-state index in [9.17, 15) is 8.42 Å². The van der Waals surface area contributed by atoms with Crippen molar-refractivity contribution in [3.05, 3.63) is 27.7 Å². The molecular formula is C13H18Cl3NO2S. The maximum atomic E-state index is 12.6. The normalized spacial score (nSPS) is 13.0. The van der Waals surface area contributed by atoms with E-state index in [0.717, 1.165) is 0 Å². The monoisotopic (exact) mass is 357 g/mol. The summed E-state index contributed by atoms with van der Waals surface area (Å²) in [5.74, 6) is 0.0595. The van der Waals surface area contributed by atoms with E-state index in [-0.39, 0.29) is 21.2 Å². The van der Waals surface area contributed by atoms with Crippen molar-refractivity contribution >= 4 is 44.8 Å². The lowest BCUT2D eigenvalue weighted by atomic mass is 9.97. The maximum Gasteiger partial charge on any atom is 0.244 e. The van der Waals surface area contributed by atoms with Crippen LogP contribution in [0.4, 0.5) is 0 Å². The molecule has 0 unspecified atom stereocenters. The first-order valence-electron chi connectivity index (χ1n) is 6.00. The predicted octanol–water partition coefficient (Wildman–Crippen LogP) is 4.40. The van der Waals surface area contributed by atoms with Gasteiger partial charge in [0.15, 0.2) is 0 Å². The zero-order chi connectivity index (χ0) is 15.7. The Kier molecular flexibility index (Phi) is 5.78. The molecule has 0 aliphatic rings. The van der Waals surface area contributed by atoms with Crippen molar-refractivity contribution in [3.8, 4) is 0 Å². The number of hydrogen-bond donors (Lipinski definition) is 0. The quantitative estimate of drug-likeness (QED) is 0.748. The molecule has 1 rings (SSSR count). The van der Waals surface area contributed by atoms with Gasteiger partial charge in [-0.25, -0.2) is 12.7 Å². The van der Waals surface area contributed by atoms with Crippen LogP contribution in [0.1, 0.15) is 26.3 Å². The van der Waals surface area contributed by atoms with Crippen LogP contribution in [0.3, 0.4) is 0 Å². The van der Waals surface area contributed by atoms with Crippen molar-refractivity contribution in [3.63, 3.8) is 0 Å². The van der Waals surface area contributed by atoms with Gasteiger partial charge in [-0.15, -0.1) is 11.6 Å². The van der Waals surface area contributed by atoms with E-state index < -0.39 is 10.0 Å². The van der Waals surface area contributed by atoms with Gasteiger partial charge in [0.1, 0.15) is 4.90 Å². The smallest absolute Gasteiger partial charge is 0.207 e. The van der Waals surface area contributed by atoms with Gasteiger partial charge < -0.3 is 0 Å². The first-order valence-corrected chi connectivity index (χ1v) is 8.73. The first kappa shape index (κ1) is 18.1. The highest BCUT2D eigenvalue weighted by Gasteiger charge is 2.28. The van der Waals surface area contributed by atoms with Crippen molar-refractivity contribution in [1.82, 2.24) is 4.31 Å². The van der Waals surface area contributed by atoms with Crippen LogP contribution < -0.4 is 0 Å². The average Bonchev–Trinajstić information content (AvgIpc) is 2.26. The number of sulfonamides is 1. The number of rotatable bonds is 4. The van der Waals surface area contributed by atoms with Crippen LogP contribution in [-0.4, -0.2) is 26.3 Å². The highest BCUT2D eigenvalue weighted by Crippen LogP contribution is 2.34. The molecule has 0 atom stereocenters. The zero-order valence-electron chi connectivity index (χ0n) is 11.9. The topological polar surface area (TPSA) is 37.4 Å². The van der Waals surface area contributed by atoms with Gasteiger partial charge in [0.25, 0.3) is 0 Å². The minimum absolute atomic E-state index is 0.0333. The summed E-state index contributed by atoms with van der Waals surface area (Å²) >= 11 is 17.9. The highest BCUT2D eigenvalue weighted by atomic mass is 35.5. The summed E-state index contributed by atoms with van der Waals surface area (Å²) in [5.41, 5.74) is 0.274. The van der Waals surface area contributed by atoms with E-state index in [0.29, 0.717) is 17.1 Å². The lowest BCUT2D eigenvalue weighted by Gasteiger charge is -2.26. The molecule has 0 aliphatic heterocycles. The molecule has 0 saturated carbocycles. The van der Waals surface area contributed by atoms with Gasteiger partial charge in [0.05, 0.1) is 10.9 Å². The molecule has 0 N–H and O–H groups in total. The SMILES string of the molecule is CN(CC(C)(C)C)S(=O)(=O)c1ccc(Cl)c(CCl)c1Cl. The summed E-state index contributed by atoms with van der Waals surface area (Å²) in [4.78, 5) is 0.0333. The molecule has 0 fully saturated rings. The maximum absolute atomic E-state index is 12.6. The first-order chi connectivity index (χ1) is 9.00. The molecule has 1 aromatic rings. The van der Waals surface area contributed by atoms with E-state index in [1.165, 1.54) is 23.5 Å². The van der Waals surface area contributed by atoms with Gasteiger partial charge in [-0.05, 0) is 17.5 Å². The molecule has 0 aliphatic carbocycles. The van der Waals surface area contributed by atoms with E-state index in [4.69, 9.17) is 34.8 Å². The standard InChI is InChI=1S/C13H18Cl3NO2S/c1-13(2,3)8-17(4)20(18,19)11-6-5-10(15)9(7-14)12(11)16/h5-6H,7-8H2,1-4H3. The molecular weight excluding hydrogens is 341 g/mol. The fourth-order valence-corrected chi connectivity index (χ4v) is 4.51. The minimum atomic E-state index is -3.67. The summed E-state index contributed by atoms with van der Waals surface area (Å²) in [7, 11) is -2.13. The number of halogens is 3. The van der Waals surface area contributed by atoms with Gasteiger partial charge in [-0.2, -0.15) is 0 Å². The molecule has 0 aromatic heterocycles. The van der Waals surface area contributed by atoms with Gasteiger partial charge in [-0.1, -0.05) is 44.0 Å². The molecule has 114 valence electrons. The molecule has 3 nitrogen and oxygen atoms in total. The number of nitrogens with zero attached hydrogens (tertiary/aromatic N) is 1. The second kappa shape index (κ2) is 6.41. The molecule has 0 saturated heterocycles. The largest absolute Gasteiger partial charge is 0.244 e. The molecule has 0 heterocycles. The van der Waals surface area contributed by atoms with Crippen LogP contribution in [-0.2, 0) is 15.9 Å². The van der Waals surface area contributed by atoms with Crippen LogP contribution in [0, 0.1) is 5.41 Å². The number of alkyl halides is 1. The third-order valence-corrected chi connectivity index (χ3v) is 5.68. The van der Waals surface area contributed by atoms with E-state index in [2.05, 4.69) is 0 Å². The van der Waals surface area contributed by atoms with Crippen molar-refractivity contribution in [1.29, 1.82) is 0 Å². The van der Waals surface area contributed by atoms with Gasteiger partial charge in [0.2, 0.25) is 10.0 Å². The molecule has 0 spiro atoms. The zero-order valence-corrected chi connectivity index (χ0v) is 15.0. The van der Waals surface area contributed by atoms with Crippen molar-refractivity contribution < 1.29 is 8.42 Å². The fraction of sp³-hybridized carbons (Fsp3) is 0.538. The average molecular weight is 359 g/mol. The van der Waals surface area contributed by atoms with Gasteiger partial charge >= 0.3 is 0 Å². The predicted molar refractivity (Wildman–Crippen MR) is 85.3 cm³/mol. The van der Waals surface area contributed by atoms with Crippen molar-refractivity contribution in [2.45, 2.75) is 31.5 Å². The summed E-state index contributed by atoms with van der Waals surface area (Å²) in [6.45, 7) is 6.27. The Morgan fingerprint density at radius 1 is 1.20 bits per heavy atom. The number of hydrogen-bond acceptors (Lipinski definition) is 2. The number of benzene rings is 1. The summed E-state index contributed by atoms with van der Waals surface area (Å²) in [6, 6.07) is 2.91. The van der Waals surface area contributed by atoms with Crippen molar-refractivity contribution in [2.75, 3.05) is 13.6 Å². The van der Waals surface area contributed by atoms with Crippen LogP contribution in [0.25, 0.3) is 0 Å². The Bertz CT molecular complexity index is 594. The van der Waals surface area contributed by atoms with Gasteiger partial charge in [-0.3, -0.25) is 0 Å². The van der Waals surface area contributed by atoms with E-state index in [1.807, 2.05) is 20.8 Å². The van der Waals surface area contributed by atoms with Crippen LogP contribution in [0.15, 0.2) is 17.0 Å². The minimum Gasteiger partial charge on any atom is -0.207 e. The third-order valence-electron chi connectivity index (χ3n) is 2.67. The Labute approximate surface area is 135 Å². The molecule has 1 aromatic carbocycles. The van der Waals surface area contributed by atoms with Crippen LogP contribution in [0.5, 0.6) is 0 Å². The Morgan fingerprint density at radius 3 is 2.20 bits per heavy atom. The summed E-state index contributed by atoms with van der Waals surface area (Å²) in [6.07, 6.45) is 0. The lowest BCUT2D eigenvalue weighted by Crippen LogP contribution is -2.34. The summed E-state index contributed by atoms with van der Waals surface area (Å²) in [5, 5.41) is 0.454. The Hall–Kier alpha value is -0.000000000000000167. The fourth-order valence-electron chi connectivity index (χ4n) is 1.82. The molecule has 20 heavy (non-hydrogen) atoms. The third kappa shape index (κ3) is 4.01. The van der Waals surface area contributed by atoms with E-state index in [1.54, 1.807) is 0 Å². The molecule has 0 bridgehead atoms. The van der Waals surface area contributed by atoms with Gasteiger partial charge in [0, 0.05) is 24.2 Å². The Balaban J connectivity index is 3.30. The Morgan fingerprint density at radius 2 is 1.75 bits per heavy atom. The molecule has 7 heteroatoms. The molecule has 0 amide bonds. The van der Waals surface area contributed by atoms with Crippen molar-refractivity contribution in [2.24, 2.45) is 5.41 Å². The second-order valence-corrected chi connectivity index (χ2v) is 8.86. The van der Waals surface area contributed by atoms with E-state index >= 15 is 0 Å². The lowest BCUT2D eigenvalue weighted by molar-refractivity contribution is 0.311. The summed E-state index contributed by atoms with van der Waals surface area (Å²) < 4.78 is 26.4. The van der Waals surface area contributed by atoms with Crippen LogP contribution >= 0.6 is 34.8 Å². The molecule has 0 radical (unpaired) electrons. The van der Waals surface area contributed by atoms with Crippen LogP contribution in [0.2, 0.25) is 10.0 Å².